The molecule has 0 saturated heterocycles. The third-order valence-electron chi connectivity index (χ3n) is 5.82. The van der Waals surface area contributed by atoms with E-state index in [1.165, 1.54) is 23.9 Å². The number of nitro benzene ring substituents is 1. The average molecular weight is 526 g/mol. The SMILES string of the molecule is O=C(NCc1ccco1)c1ccc(CSc2nnc(-c3ccc([N+](=O)[O-])cc3)n2Cc2ccccc2)cc1. The largest absolute Gasteiger partial charge is 0.467 e. The van der Waals surface area contributed by atoms with E-state index in [1.54, 1.807) is 36.6 Å². The van der Waals surface area contributed by atoms with Gasteiger partial charge in [-0.2, -0.15) is 0 Å². The molecule has 0 aliphatic rings. The predicted molar refractivity (Wildman–Crippen MR) is 144 cm³/mol. The fourth-order valence-electron chi connectivity index (χ4n) is 3.83. The molecule has 0 saturated carbocycles. The monoisotopic (exact) mass is 525 g/mol. The quantitative estimate of drug-likeness (QED) is 0.141. The molecule has 0 fully saturated rings. The second-order valence-corrected chi connectivity index (χ2v) is 9.37. The molecule has 0 unspecified atom stereocenters. The van der Waals surface area contributed by atoms with Gasteiger partial charge in [0.05, 0.1) is 24.3 Å². The van der Waals surface area contributed by atoms with Crippen LogP contribution in [0.3, 0.4) is 0 Å². The summed E-state index contributed by atoms with van der Waals surface area (Å²) < 4.78 is 7.26. The van der Waals surface area contributed by atoms with Gasteiger partial charge < -0.3 is 9.73 Å². The van der Waals surface area contributed by atoms with E-state index in [2.05, 4.69) is 15.5 Å². The van der Waals surface area contributed by atoms with E-state index in [4.69, 9.17) is 4.42 Å². The van der Waals surface area contributed by atoms with E-state index in [-0.39, 0.29) is 11.6 Å². The van der Waals surface area contributed by atoms with E-state index in [0.717, 1.165) is 21.8 Å². The summed E-state index contributed by atoms with van der Waals surface area (Å²) in [7, 11) is 0. The van der Waals surface area contributed by atoms with Gasteiger partial charge in [-0.05, 0) is 47.5 Å². The zero-order valence-electron chi connectivity index (χ0n) is 20.2. The van der Waals surface area contributed by atoms with Crippen molar-refractivity contribution in [2.24, 2.45) is 0 Å². The Labute approximate surface area is 222 Å². The van der Waals surface area contributed by atoms with Crippen molar-refractivity contribution in [2.75, 3.05) is 0 Å². The Balaban J connectivity index is 1.30. The van der Waals surface area contributed by atoms with Crippen molar-refractivity contribution in [2.45, 2.75) is 24.0 Å². The Bertz CT molecular complexity index is 1520. The lowest BCUT2D eigenvalue weighted by atomic mass is 10.1. The number of nitrogens with one attached hydrogen (secondary N) is 1. The lowest BCUT2D eigenvalue weighted by Crippen LogP contribution is -2.22. The molecule has 0 spiro atoms. The van der Waals surface area contributed by atoms with Gasteiger partial charge in [0.1, 0.15) is 5.76 Å². The number of hydrogen-bond donors (Lipinski definition) is 1. The molecule has 5 rings (SSSR count). The number of hydrogen-bond acceptors (Lipinski definition) is 7. The van der Waals surface area contributed by atoms with E-state index in [1.807, 2.05) is 53.1 Å². The fourth-order valence-corrected chi connectivity index (χ4v) is 4.73. The van der Waals surface area contributed by atoms with Crippen LogP contribution in [0.25, 0.3) is 11.4 Å². The average Bonchev–Trinajstić information content (AvgIpc) is 3.62. The summed E-state index contributed by atoms with van der Waals surface area (Å²) in [5.41, 5.74) is 3.45. The van der Waals surface area contributed by atoms with Crippen LogP contribution in [0.15, 0.2) is 107 Å². The Kier molecular flexibility index (Phi) is 7.60. The molecule has 0 atom stereocenters. The Morgan fingerprint density at radius 2 is 1.68 bits per heavy atom. The lowest BCUT2D eigenvalue weighted by molar-refractivity contribution is -0.384. The number of nitro groups is 1. The number of carbonyl (C=O) groups is 1. The second kappa shape index (κ2) is 11.6. The maximum Gasteiger partial charge on any atom is 0.269 e. The third kappa shape index (κ3) is 5.98. The maximum absolute atomic E-state index is 12.4. The zero-order chi connectivity index (χ0) is 26.3. The first-order valence-corrected chi connectivity index (χ1v) is 12.8. The van der Waals surface area contributed by atoms with Crippen molar-refractivity contribution in [1.29, 1.82) is 0 Å². The minimum absolute atomic E-state index is 0.0237. The van der Waals surface area contributed by atoms with Crippen LogP contribution in [0.1, 0.15) is 27.2 Å². The molecule has 0 aliphatic carbocycles. The molecule has 0 bridgehead atoms. The van der Waals surface area contributed by atoms with Gasteiger partial charge in [-0.15, -0.1) is 10.2 Å². The zero-order valence-corrected chi connectivity index (χ0v) is 21.0. The van der Waals surface area contributed by atoms with E-state index < -0.39 is 4.92 Å². The van der Waals surface area contributed by atoms with E-state index >= 15 is 0 Å². The molecule has 3 aromatic carbocycles. The summed E-state index contributed by atoms with van der Waals surface area (Å²) in [4.78, 5) is 23.1. The number of amides is 1. The Morgan fingerprint density at radius 1 is 0.921 bits per heavy atom. The van der Waals surface area contributed by atoms with Crippen LogP contribution in [0.2, 0.25) is 0 Å². The summed E-state index contributed by atoms with van der Waals surface area (Å²) in [6, 6.07) is 27.3. The van der Waals surface area contributed by atoms with Crippen LogP contribution >= 0.6 is 11.8 Å². The van der Waals surface area contributed by atoms with Gasteiger partial charge in [0.2, 0.25) is 0 Å². The predicted octanol–water partition coefficient (Wildman–Crippen LogP) is 5.72. The summed E-state index contributed by atoms with van der Waals surface area (Å²) in [6.07, 6.45) is 1.57. The molecule has 1 N–H and O–H groups in total. The highest BCUT2D eigenvalue weighted by molar-refractivity contribution is 7.98. The molecule has 0 radical (unpaired) electrons. The highest BCUT2D eigenvalue weighted by Crippen LogP contribution is 2.28. The van der Waals surface area contributed by atoms with Crippen LogP contribution in [0.4, 0.5) is 5.69 Å². The van der Waals surface area contributed by atoms with Crippen molar-refractivity contribution in [3.8, 4) is 11.4 Å². The first-order valence-electron chi connectivity index (χ1n) is 11.8. The standard InChI is InChI=1S/C28H23N5O4S/c34-27(29-17-25-7-4-16-37-25)23-10-8-21(9-11-23)19-38-28-31-30-26(22-12-14-24(15-13-22)33(35)36)32(28)18-20-5-2-1-3-6-20/h1-16H,17-19H2,(H,29,34). The number of thioether (sulfide) groups is 1. The highest BCUT2D eigenvalue weighted by atomic mass is 32.2. The van der Waals surface area contributed by atoms with Gasteiger partial charge in [0.25, 0.3) is 11.6 Å². The Morgan fingerprint density at radius 3 is 2.37 bits per heavy atom. The molecular weight excluding hydrogens is 502 g/mol. The van der Waals surface area contributed by atoms with Crippen LogP contribution in [0.5, 0.6) is 0 Å². The highest BCUT2D eigenvalue weighted by Gasteiger charge is 2.16. The van der Waals surface area contributed by atoms with Gasteiger partial charge >= 0.3 is 0 Å². The lowest BCUT2D eigenvalue weighted by Gasteiger charge is -2.11. The summed E-state index contributed by atoms with van der Waals surface area (Å²) in [6.45, 7) is 0.884. The van der Waals surface area contributed by atoms with Gasteiger partial charge in [-0.25, -0.2) is 0 Å². The minimum atomic E-state index is -0.423. The number of rotatable bonds is 10. The molecule has 190 valence electrons. The molecular formula is C28H23N5O4S. The van der Waals surface area contributed by atoms with Crippen molar-refractivity contribution in [1.82, 2.24) is 20.1 Å². The van der Waals surface area contributed by atoms with Crippen LogP contribution in [-0.2, 0) is 18.8 Å². The first kappa shape index (κ1) is 25.0. The molecule has 0 aliphatic heterocycles. The van der Waals surface area contributed by atoms with Crippen molar-refractivity contribution >= 4 is 23.4 Å². The summed E-state index contributed by atoms with van der Waals surface area (Å²) >= 11 is 1.53. The number of non-ortho nitro benzene ring substituents is 1. The van der Waals surface area contributed by atoms with E-state index in [0.29, 0.717) is 36.0 Å². The number of nitrogens with zero attached hydrogens (tertiary/aromatic N) is 4. The molecule has 9 nitrogen and oxygen atoms in total. The van der Waals surface area contributed by atoms with Crippen molar-refractivity contribution in [3.63, 3.8) is 0 Å². The van der Waals surface area contributed by atoms with Gasteiger partial charge in [-0.3, -0.25) is 19.5 Å². The number of furan rings is 1. The molecule has 2 aromatic heterocycles. The molecule has 38 heavy (non-hydrogen) atoms. The smallest absolute Gasteiger partial charge is 0.269 e. The summed E-state index contributed by atoms with van der Waals surface area (Å²) in [5, 5.41) is 23.5. The third-order valence-corrected chi connectivity index (χ3v) is 6.86. The number of carbonyl (C=O) groups excluding carboxylic acids is 1. The molecule has 1 amide bonds. The van der Waals surface area contributed by atoms with Crippen molar-refractivity contribution < 1.29 is 14.1 Å². The topological polar surface area (TPSA) is 116 Å². The van der Waals surface area contributed by atoms with Crippen molar-refractivity contribution in [3.05, 3.63) is 130 Å². The molecule has 10 heteroatoms. The van der Waals surface area contributed by atoms with Crippen LogP contribution < -0.4 is 5.32 Å². The minimum Gasteiger partial charge on any atom is -0.467 e. The molecule has 5 aromatic rings. The summed E-state index contributed by atoms with van der Waals surface area (Å²) in [5.74, 6) is 1.78. The van der Waals surface area contributed by atoms with Crippen LogP contribution in [-0.4, -0.2) is 25.6 Å². The normalized spacial score (nSPS) is 10.8. The van der Waals surface area contributed by atoms with Gasteiger partial charge in [-0.1, -0.05) is 54.2 Å². The number of aromatic nitrogens is 3. The fraction of sp³-hybridized carbons (Fsp3) is 0.107. The second-order valence-electron chi connectivity index (χ2n) is 8.43. The maximum atomic E-state index is 12.4. The first-order chi connectivity index (χ1) is 18.6. The number of benzene rings is 3. The van der Waals surface area contributed by atoms with Crippen LogP contribution in [0, 0.1) is 10.1 Å². The molecule has 2 heterocycles. The Hall–Kier alpha value is -4.70. The van der Waals surface area contributed by atoms with Gasteiger partial charge in [0.15, 0.2) is 11.0 Å². The van der Waals surface area contributed by atoms with E-state index in [9.17, 15) is 14.9 Å². The van der Waals surface area contributed by atoms with Gasteiger partial charge in [0, 0.05) is 29.0 Å².